The van der Waals surface area contributed by atoms with Gasteiger partial charge in [-0.1, -0.05) is 0 Å². The fourth-order valence-electron chi connectivity index (χ4n) is 1.41. The van der Waals surface area contributed by atoms with Gasteiger partial charge >= 0.3 is 0 Å². The Morgan fingerprint density at radius 2 is 2.31 bits per heavy atom. The lowest BCUT2D eigenvalue weighted by molar-refractivity contribution is 0.788. The zero-order chi connectivity index (χ0) is 11.4. The molecule has 0 amide bonds. The van der Waals surface area contributed by atoms with Crippen LogP contribution in [0.5, 0.6) is 0 Å². The molecule has 0 unspecified atom stereocenters. The van der Waals surface area contributed by atoms with E-state index in [2.05, 4.69) is 20.3 Å². The van der Waals surface area contributed by atoms with E-state index in [1.165, 1.54) is 6.20 Å². The molecule has 3 N–H and O–H groups in total. The van der Waals surface area contributed by atoms with Gasteiger partial charge in [-0.25, -0.2) is 9.97 Å². The van der Waals surface area contributed by atoms with Crippen LogP contribution >= 0.6 is 0 Å². The lowest BCUT2D eigenvalue weighted by Crippen LogP contribution is -2.10. The van der Waals surface area contributed by atoms with Gasteiger partial charge in [0.05, 0.1) is 12.4 Å². The van der Waals surface area contributed by atoms with E-state index < -0.39 is 0 Å². The van der Waals surface area contributed by atoms with Gasteiger partial charge in [0.15, 0.2) is 0 Å². The molecule has 0 saturated heterocycles. The average molecular weight is 218 g/mol. The predicted octanol–water partition coefficient (Wildman–Crippen LogP) is 0.447. The highest BCUT2D eigenvalue weighted by atomic mass is 15.1. The van der Waals surface area contributed by atoms with Gasteiger partial charge in [0, 0.05) is 32.4 Å². The van der Waals surface area contributed by atoms with Crippen molar-refractivity contribution in [3.05, 3.63) is 30.6 Å². The van der Waals surface area contributed by atoms with E-state index >= 15 is 0 Å². The zero-order valence-electron chi connectivity index (χ0n) is 9.09. The van der Waals surface area contributed by atoms with Gasteiger partial charge in [-0.05, 0) is 0 Å². The monoisotopic (exact) mass is 218 g/mol. The first-order valence-electron chi connectivity index (χ1n) is 5.03. The van der Waals surface area contributed by atoms with Crippen LogP contribution in [0.4, 0.5) is 11.6 Å². The standard InChI is InChI=1S/C10H14N6/c1-16-5-4-14-10(16)2-3-13-9-7-12-6-8(11)15-9/h4-7H,2-3H2,1H3,(H3,11,13,15). The Kier molecular flexibility index (Phi) is 3.00. The van der Waals surface area contributed by atoms with Gasteiger partial charge in [0.1, 0.15) is 17.5 Å². The molecule has 0 aliphatic rings. The summed E-state index contributed by atoms with van der Waals surface area (Å²) in [5.74, 6) is 2.14. The maximum absolute atomic E-state index is 5.52. The summed E-state index contributed by atoms with van der Waals surface area (Å²) < 4.78 is 1.99. The smallest absolute Gasteiger partial charge is 0.146 e. The number of aromatic nitrogens is 4. The van der Waals surface area contributed by atoms with Crippen molar-refractivity contribution in [2.75, 3.05) is 17.6 Å². The maximum Gasteiger partial charge on any atom is 0.146 e. The number of rotatable bonds is 4. The van der Waals surface area contributed by atoms with Crippen LogP contribution in [0.25, 0.3) is 0 Å². The number of nitrogens with zero attached hydrogens (tertiary/aromatic N) is 4. The second kappa shape index (κ2) is 4.61. The Bertz CT molecular complexity index is 464. The molecule has 2 heterocycles. The fraction of sp³-hybridized carbons (Fsp3) is 0.300. The molecule has 2 aromatic heterocycles. The van der Waals surface area contributed by atoms with Gasteiger partial charge in [-0.15, -0.1) is 0 Å². The first-order chi connectivity index (χ1) is 7.75. The van der Waals surface area contributed by atoms with Crippen LogP contribution in [-0.4, -0.2) is 26.1 Å². The first-order valence-corrected chi connectivity index (χ1v) is 5.03. The average Bonchev–Trinajstić information content (AvgIpc) is 2.65. The van der Waals surface area contributed by atoms with Crippen LogP contribution in [0, 0.1) is 0 Å². The van der Waals surface area contributed by atoms with Crippen molar-refractivity contribution < 1.29 is 0 Å². The molecule has 16 heavy (non-hydrogen) atoms. The minimum absolute atomic E-state index is 0.419. The summed E-state index contributed by atoms with van der Waals surface area (Å²) in [7, 11) is 1.97. The van der Waals surface area contributed by atoms with Crippen molar-refractivity contribution in [1.82, 2.24) is 19.5 Å². The predicted molar refractivity (Wildman–Crippen MR) is 61.8 cm³/mol. The normalized spacial score (nSPS) is 10.3. The number of aryl methyl sites for hydroxylation is 1. The van der Waals surface area contributed by atoms with Gasteiger partial charge in [0.2, 0.25) is 0 Å². The highest BCUT2D eigenvalue weighted by molar-refractivity contribution is 5.38. The molecule has 0 aliphatic carbocycles. The second-order valence-electron chi connectivity index (χ2n) is 3.46. The fourth-order valence-corrected chi connectivity index (χ4v) is 1.41. The molecular formula is C10H14N6. The third-order valence-corrected chi connectivity index (χ3v) is 2.23. The van der Waals surface area contributed by atoms with E-state index in [1.807, 2.05) is 17.8 Å². The van der Waals surface area contributed by atoms with Gasteiger partial charge in [-0.3, -0.25) is 4.98 Å². The molecule has 0 spiro atoms. The SMILES string of the molecule is Cn1ccnc1CCNc1cncc(N)n1. The Labute approximate surface area is 93.6 Å². The van der Waals surface area contributed by atoms with Crippen LogP contribution in [0.3, 0.4) is 0 Å². The number of hydrogen-bond acceptors (Lipinski definition) is 5. The molecular weight excluding hydrogens is 204 g/mol. The van der Waals surface area contributed by atoms with Gasteiger partial charge in [0.25, 0.3) is 0 Å². The molecule has 2 rings (SSSR count). The molecule has 0 aromatic carbocycles. The first kappa shape index (κ1) is 10.4. The minimum Gasteiger partial charge on any atom is -0.382 e. The van der Waals surface area contributed by atoms with E-state index in [4.69, 9.17) is 5.73 Å². The van der Waals surface area contributed by atoms with E-state index in [9.17, 15) is 0 Å². The highest BCUT2D eigenvalue weighted by Gasteiger charge is 1.99. The van der Waals surface area contributed by atoms with Crippen molar-refractivity contribution in [3.63, 3.8) is 0 Å². The van der Waals surface area contributed by atoms with Crippen LogP contribution < -0.4 is 11.1 Å². The summed E-state index contributed by atoms with van der Waals surface area (Å²) in [5.41, 5.74) is 5.52. The molecule has 0 saturated carbocycles. The van der Waals surface area contributed by atoms with Crippen LogP contribution in [-0.2, 0) is 13.5 Å². The summed E-state index contributed by atoms with van der Waals surface area (Å²) in [5, 5.41) is 3.14. The molecule has 6 nitrogen and oxygen atoms in total. The molecule has 0 aliphatic heterocycles. The Morgan fingerprint density at radius 1 is 1.44 bits per heavy atom. The van der Waals surface area contributed by atoms with E-state index in [0.717, 1.165) is 18.8 Å². The second-order valence-corrected chi connectivity index (χ2v) is 3.46. The number of hydrogen-bond donors (Lipinski definition) is 2. The molecule has 0 bridgehead atoms. The van der Waals surface area contributed by atoms with Gasteiger partial charge < -0.3 is 15.6 Å². The number of imidazole rings is 1. The lowest BCUT2D eigenvalue weighted by Gasteiger charge is -2.05. The van der Waals surface area contributed by atoms with E-state index in [0.29, 0.717) is 11.6 Å². The summed E-state index contributed by atoms with van der Waals surface area (Å²) in [6.45, 7) is 0.753. The molecule has 0 radical (unpaired) electrons. The van der Waals surface area contributed by atoms with Crippen molar-refractivity contribution in [3.8, 4) is 0 Å². The van der Waals surface area contributed by atoms with Crippen molar-refractivity contribution in [2.24, 2.45) is 7.05 Å². The molecule has 0 fully saturated rings. The lowest BCUT2D eigenvalue weighted by atomic mass is 10.4. The Balaban J connectivity index is 1.87. The van der Waals surface area contributed by atoms with Crippen LogP contribution in [0.15, 0.2) is 24.8 Å². The summed E-state index contributed by atoms with van der Waals surface area (Å²) >= 11 is 0. The quantitative estimate of drug-likeness (QED) is 0.778. The third-order valence-electron chi connectivity index (χ3n) is 2.23. The molecule has 0 atom stereocenters. The number of nitrogen functional groups attached to an aromatic ring is 1. The number of anilines is 2. The summed E-state index contributed by atoms with van der Waals surface area (Å²) in [4.78, 5) is 12.3. The summed E-state index contributed by atoms with van der Waals surface area (Å²) in [6, 6.07) is 0. The van der Waals surface area contributed by atoms with Gasteiger partial charge in [-0.2, -0.15) is 0 Å². The van der Waals surface area contributed by atoms with Crippen LogP contribution in [0.2, 0.25) is 0 Å². The third kappa shape index (κ3) is 2.47. The topological polar surface area (TPSA) is 81.7 Å². The largest absolute Gasteiger partial charge is 0.382 e. The highest BCUT2D eigenvalue weighted by Crippen LogP contribution is 2.03. The van der Waals surface area contributed by atoms with Crippen molar-refractivity contribution in [2.45, 2.75) is 6.42 Å². The van der Waals surface area contributed by atoms with Crippen molar-refractivity contribution in [1.29, 1.82) is 0 Å². The number of nitrogens with two attached hydrogens (primary N) is 1. The van der Waals surface area contributed by atoms with E-state index in [1.54, 1.807) is 12.4 Å². The molecule has 2 aromatic rings. The zero-order valence-corrected chi connectivity index (χ0v) is 9.09. The number of nitrogens with one attached hydrogen (secondary N) is 1. The summed E-state index contributed by atoms with van der Waals surface area (Å²) in [6.07, 6.45) is 7.71. The van der Waals surface area contributed by atoms with Crippen molar-refractivity contribution >= 4 is 11.6 Å². The Morgan fingerprint density at radius 3 is 3.00 bits per heavy atom. The van der Waals surface area contributed by atoms with Crippen LogP contribution in [0.1, 0.15) is 5.82 Å². The van der Waals surface area contributed by atoms with E-state index in [-0.39, 0.29) is 0 Å². The molecule has 6 heteroatoms. The minimum atomic E-state index is 0.419. The Hall–Kier alpha value is -2.11. The molecule has 84 valence electrons. The maximum atomic E-state index is 5.52.